The standard InChI is InChI=1S/C4H10.C3H5NO4/c1-3-4-2;4-8-3(7)1-2(5)6/h3-4H2,1-2H3;1,4H2,(H,5,6). The van der Waals surface area contributed by atoms with Crippen LogP contribution in [0.3, 0.4) is 0 Å². The van der Waals surface area contributed by atoms with Gasteiger partial charge in [-0.25, -0.2) is 4.79 Å². The number of aliphatic carboxylic acids is 1. The van der Waals surface area contributed by atoms with E-state index in [1.807, 2.05) is 0 Å². The number of hydrogen-bond acceptors (Lipinski definition) is 4. The normalized spacial score (nSPS) is 7.92. The van der Waals surface area contributed by atoms with E-state index in [0.29, 0.717) is 0 Å². The van der Waals surface area contributed by atoms with Crippen molar-refractivity contribution in [2.75, 3.05) is 0 Å². The Morgan fingerprint density at radius 1 is 1.33 bits per heavy atom. The Balaban J connectivity index is 0. The van der Waals surface area contributed by atoms with Crippen molar-refractivity contribution in [3.05, 3.63) is 0 Å². The van der Waals surface area contributed by atoms with Crippen LogP contribution in [0.2, 0.25) is 0 Å². The second kappa shape index (κ2) is 9.90. The van der Waals surface area contributed by atoms with Crippen LogP contribution in [0.15, 0.2) is 0 Å². The van der Waals surface area contributed by atoms with E-state index in [9.17, 15) is 9.59 Å². The van der Waals surface area contributed by atoms with Crippen molar-refractivity contribution >= 4 is 11.9 Å². The van der Waals surface area contributed by atoms with E-state index in [0.717, 1.165) is 0 Å². The molecule has 0 radical (unpaired) electrons. The van der Waals surface area contributed by atoms with Crippen molar-refractivity contribution in [2.45, 2.75) is 33.1 Å². The molecule has 0 fully saturated rings. The second-order valence-corrected chi connectivity index (χ2v) is 2.06. The first-order chi connectivity index (χ1) is 5.58. The maximum absolute atomic E-state index is 9.89. The minimum absolute atomic E-state index is 0.684. The molecule has 0 unspecified atom stereocenters. The Labute approximate surface area is 71.5 Å². The average Bonchev–Trinajstić information content (AvgIpc) is 2.04. The monoisotopic (exact) mass is 177 g/mol. The van der Waals surface area contributed by atoms with Crippen molar-refractivity contribution in [3.63, 3.8) is 0 Å². The molecule has 0 saturated carbocycles. The van der Waals surface area contributed by atoms with Crippen LogP contribution in [0.5, 0.6) is 0 Å². The summed E-state index contributed by atoms with van der Waals surface area (Å²) in [6.45, 7) is 4.36. The quantitative estimate of drug-likeness (QED) is 0.488. The number of hydrogen-bond donors (Lipinski definition) is 2. The van der Waals surface area contributed by atoms with E-state index < -0.39 is 18.4 Å². The van der Waals surface area contributed by atoms with Crippen molar-refractivity contribution in [2.24, 2.45) is 5.90 Å². The highest BCUT2D eigenvalue weighted by Gasteiger charge is 2.05. The molecule has 72 valence electrons. The van der Waals surface area contributed by atoms with E-state index >= 15 is 0 Å². The van der Waals surface area contributed by atoms with Crippen LogP contribution >= 0.6 is 0 Å². The number of carbonyl (C=O) groups excluding carboxylic acids is 1. The molecule has 12 heavy (non-hydrogen) atoms. The first kappa shape index (κ1) is 13.5. The van der Waals surface area contributed by atoms with Crippen molar-refractivity contribution in [3.8, 4) is 0 Å². The molecule has 0 aliphatic heterocycles. The number of carboxylic acids is 1. The lowest BCUT2D eigenvalue weighted by Gasteiger charge is -1.89. The van der Waals surface area contributed by atoms with E-state index in [4.69, 9.17) is 5.11 Å². The Kier molecular flexibility index (Phi) is 11.1. The van der Waals surface area contributed by atoms with Crippen LogP contribution in [0.1, 0.15) is 33.1 Å². The fourth-order valence-corrected chi connectivity index (χ4v) is 0.165. The number of nitrogens with two attached hydrogens (primary N) is 1. The van der Waals surface area contributed by atoms with Crippen LogP contribution in [-0.4, -0.2) is 17.0 Å². The Hall–Kier alpha value is -1.10. The van der Waals surface area contributed by atoms with E-state index in [2.05, 4.69) is 24.6 Å². The Bertz CT molecular complexity index is 133. The highest BCUT2D eigenvalue weighted by Crippen LogP contribution is 1.79. The van der Waals surface area contributed by atoms with Gasteiger partial charge in [-0.15, -0.1) is 0 Å². The first-order valence-corrected chi connectivity index (χ1v) is 3.69. The molecule has 0 spiro atoms. The molecule has 5 nitrogen and oxygen atoms in total. The Morgan fingerprint density at radius 2 is 1.75 bits per heavy atom. The molecule has 0 rings (SSSR count). The molecule has 0 amide bonds. The molecule has 0 aromatic rings. The van der Waals surface area contributed by atoms with Crippen molar-refractivity contribution in [1.82, 2.24) is 0 Å². The fourth-order valence-electron chi connectivity index (χ4n) is 0.165. The van der Waals surface area contributed by atoms with Crippen LogP contribution in [0, 0.1) is 0 Å². The van der Waals surface area contributed by atoms with Gasteiger partial charge >= 0.3 is 11.9 Å². The number of carboxylic acid groups (broad SMARTS) is 1. The van der Waals surface area contributed by atoms with Crippen molar-refractivity contribution in [1.29, 1.82) is 0 Å². The summed E-state index contributed by atoms with van der Waals surface area (Å²) in [5.41, 5.74) is 0. The van der Waals surface area contributed by atoms with Gasteiger partial charge in [-0.3, -0.25) is 4.79 Å². The van der Waals surface area contributed by atoms with Crippen LogP contribution < -0.4 is 5.90 Å². The van der Waals surface area contributed by atoms with Crippen molar-refractivity contribution < 1.29 is 19.5 Å². The molecule has 0 aliphatic rings. The molecular weight excluding hydrogens is 162 g/mol. The minimum Gasteiger partial charge on any atom is -0.481 e. The molecule has 0 atom stereocenters. The first-order valence-electron chi connectivity index (χ1n) is 3.69. The third kappa shape index (κ3) is 16.0. The van der Waals surface area contributed by atoms with Gasteiger partial charge in [-0.05, 0) is 0 Å². The lowest BCUT2D eigenvalue weighted by molar-refractivity contribution is -0.151. The fraction of sp³-hybridized carbons (Fsp3) is 0.714. The molecular formula is C7H15NO4. The number of unbranched alkanes of at least 4 members (excludes halogenated alkanes) is 1. The second-order valence-electron chi connectivity index (χ2n) is 2.06. The van der Waals surface area contributed by atoms with Gasteiger partial charge in [0.2, 0.25) is 0 Å². The summed E-state index contributed by atoms with van der Waals surface area (Å²) in [6, 6.07) is 0. The third-order valence-corrected chi connectivity index (χ3v) is 0.927. The number of rotatable bonds is 3. The van der Waals surface area contributed by atoms with E-state index in [1.54, 1.807) is 0 Å². The van der Waals surface area contributed by atoms with Gasteiger partial charge in [-0.1, -0.05) is 26.7 Å². The van der Waals surface area contributed by atoms with E-state index in [-0.39, 0.29) is 0 Å². The largest absolute Gasteiger partial charge is 0.481 e. The third-order valence-electron chi connectivity index (χ3n) is 0.927. The average molecular weight is 177 g/mol. The number of carbonyl (C=O) groups is 2. The van der Waals surface area contributed by atoms with Gasteiger partial charge in [0, 0.05) is 0 Å². The van der Waals surface area contributed by atoms with Crippen LogP contribution in [0.25, 0.3) is 0 Å². The van der Waals surface area contributed by atoms with Crippen LogP contribution in [-0.2, 0) is 14.4 Å². The predicted molar refractivity (Wildman–Crippen MR) is 43.1 cm³/mol. The van der Waals surface area contributed by atoms with Gasteiger partial charge in [-0.2, -0.15) is 5.90 Å². The van der Waals surface area contributed by atoms with Gasteiger partial charge in [0.15, 0.2) is 0 Å². The lowest BCUT2D eigenvalue weighted by Crippen LogP contribution is -2.13. The van der Waals surface area contributed by atoms with Gasteiger partial charge in [0.05, 0.1) is 0 Å². The summed E-state index contributed by atoms with van der Waals surface area (Å²) in [5.74, 6) is 2.11. The SMILES string of the molecule is CCCC.NOC(=O)CC(=O)O. The molecule has 0 aliphatic carbocycles. The topological polar surface area (TPSA) is 89.6 Å². The molecule has 0 aromatic heterocycles. The summed E-state index contributed by atoms with van der Waals surface area (Å²) >= 11 is 0. The highest BCUT2D eigenvalue weighted by atomic mass is 16.7. The zero-order chi connectivity index (χ0) is 9.98. The molecule has 0 aromatic carbocycles. The Morgan fingerprint density at radius 3 is 1.83 bits per heavy atom. The van der Waals surface area contributed by atoms with Crippen LogP contribution in [0.4, 0.5) is 0 Å². The predicted octanol–water partition coefficient (Wildman–Crippen LogP) is 0.684. The van der Waals surface area contributed by atoms with E-state index in [1.165, 1.54) is 12.8 Å². The highest BCUT2D eigenvalue weighted by molar-refractivity contribution is 5.89. The molecule has 0 bridgehead atoms. The molecule has 0 saturated heterocycles. The maximum atomic E-state index is 9.89. The zero-order valence-electron chi connectivity index (χ0n) is 7.37. The lowest BCUT2D eigenvalue weighted by atomic mass is 10.4. The summed E-state index contributed by atoms with van der Waals surface area (Å²) in [7, 11) is 0. The summed E-state index contributed by atoms with van der Waals surface area (Å²) < 4.78 is 0. The molecule has 3 N–H and O–H groups in total. The molecule has 5 heteroatoms. The maximum Gasteiger partial charge on any atom is 0.335 e. The minimum atomic E-state index is -1.25. The summed E-state index contributed by atoms with van der Waals surface area (Å²) in [5, 5.41) is 7.86. The van der Waals surface area contributed by atoms with Gasteiger partial charge in [0.25, 0.3) is 0 Å². The summed E-state index contributed by atoms with van der Waals surface area (Å²) in [6.07, 6.45) is 1.95. The van der Waals surface area contributed by atoms with Gasteiger partial charge in [0.1, 0.15) is 6.42 Å². The van der Waals surface area contributed by atoms with Gasteiger partial charge < -0.3 is 9.94 Å². The smallest absolute Gasteiger partial charge is 0.335 e. The zero-order valence-corrected chi connectivity index (χ0v) is 7.37. The molecule has 0 heterocycles. The summed E-state index contributed by atoms with van der Waals surface area (Å²) in [4.78, 5) is 23.0.